The molecule has 11 heteroatoms. The van der Waals surface area contributed by atoms with E-state index in [9.17, 15) is 9.18 Å². The van der Waals surface area contributed by atoms with Crippen LogP contribution in [0.15, 0.2) is 53.6 Å². The molecule has 178 valence electrons. The van der Waals surface area contributed by atoms with Crippen molar-refractivity contribution in [3.8, 4) is 11.5 Å². The summed E-state index contributed by atoms with van der Waals surface area (Å²) >= 11 is 0. The zero-order chi connectivity index (χ0) is 23.8. The van der Waals surface area contributed by atoms with Crippen molar-refractivity contribution in [3.05, 3.63) is 70.7 Å². The number of halogens is 1. The van der Waals surface area contributed by atoms with Crippen molar-refractivity contribution < 1.29 is 9.13 Å². The second-order valence-electron chi connectivity index (χ2n) is 8.44. The Morgan fingerprint density at radius 2 is 1.91 bits per heavy atom. The molecule has 1 N–H and O–H groups in total. The second kappa shape index (κ2) is 9.01. The van der Waals surface area contributed by atoms with Gasteiger partial charge in [0, 0.05) is 37.9 Å². The lowest BCUT2D eigenvalue weighted by molar-refractivity contribution is 0.0364. The molecule has 4 aromatic heterocycles. The summed E-state index contributed by atoms with van der Waals surface area (Å²) in [4.78, 5) is 31.3. The molecule has 0 unspecified atom stereocenters. The summed E-state index contributed by atoms with van der Waals surface area (Å²) in [6, 6.07) is 10.3. The molecule has 1 aromatic carbocycles. The number of ether oxygens (including phenoxy) is 1. The van der Waals surface area contributed by atoms with Crippen molar-refractivity contribution in [1.29, 1.82) is 0 Å². The van der Waals surface area contributed by atoms with Crippen LogP contribution in [0.3, 0.4) is 0 Å². The normalized spacial score (nSPS) is 14.8. The van der Waals surface area contributed by atoms with Crippen LogP contribution in [0.5, 0.6) is 0 Å². The molecular weight excluding hydrogens is 451 g/mol. The van der Waals surface area contributed by atoms with Gasteiger partial charge in [-0.15, -0.1) is 0 Å². The summed E-state index contributed by atoms with van der Waals surface area (Å²) in [5.74, 6) is 0.0617. The van der Waals surface area contributed by atoms with Gasteiger partial charge in [0.25, 0.3) is 0 Å². The largest absolute Gasteiger partial charge is 0.379 e. The number of aromatic nitrogens is 7. The Morgan fingerprint density at radius 3 is 2.77 bits per heavy atom. The first kappa shape index (κ1) is 21.6. The molecule has 1 aliphatic heterocycles. The summed E-state index contributed by atoms with van der Waals surface area (Å²) in [6.07, 6.45) is 3.31. The van der Waals surface area contributed by atoms with Crippen molar-refractivity contribution in [2.24, 2.45) is 0 Å². The smallest absolute Gasteiger partial charge is 0.327 e. The van der Waals surface area contributed by atoms with E-state index >= 15 is 0 Å². The first-order valence-corrected chi connectivity index (χ1v) is 11.5. The Kier molecular flexibility index (Phi) is 5.55. The van der Waals surface area contributed by atoms with Gasteiger partial charge in [-0.2, -0.15) is 5.10 Å². The zero-order valence-electron chi connectivity index (χ0n) is 18.9. The summed E-state index contributed by atoms with van der Waals surface area (Å²) in [5, 5.41) is 5.42. The number of benzene rings is 1. The van der Waals surface area contributed by atoms with Gasteiger partial charge in [-0.3, -0.25) is 14.5 Å². The van der Waals surface area contributed by atoms with E-state index < -0.39 is 0 Å². The third-order valence-electron chi connectivity index (χ3n) is 6.27. The highest BCUT2D eigenvalue weighted by Crippen LogP contribution is 2.26. The maximum atomic E-state index is 14.3. The number of rotatable bonds is 6. The van der Waals surface area contributed by atoms with E-state index in [-0.39, 0.29) is 18.1 Å². The fourth-order valence-corrected chi connectivity index (χ4v) is 4.42. The van der Waals surface area contributed by atoms with Crippen LogP contribution >= 0.6 is 0 Å². The number of H-pyrrole nitrogens is 1. The lowest BCUT2D eigenvalue weighted by atomic mass is 10.2. The highest BCUT2D eigenvalue weighted by atomic mass is 19.1. The predicted octanol–water partition coefficient (Wildman–Crippen LogP) is 2.05. The van der Waals surface area contributed by atoms with Gasteiger partial charge in [-0.1, -0.05) is 18.2 Å². The average molecular weight is 475 g/mol. The monoisotopic (exact) mass is 474 g/mol. The zero-order valence-corrected chi connectivity index (χ0v) is 18.9. The van der Waals surface area contributed by atoms with Crippen molar-refractivity contribution in [2.45, 2.75) is 13.1 Å². The van der Waals surface area contributed by atoms with Crippen LogP contribution in [-0.4, -0.2) is 72.0 Å². The van der Waals surface area contributed by atoms with Gasteiger partial charge in [0.1, 0.15) is 17.0 Å². The minimum Gasteiger partial charge on any atom is -0.379 e. The Bertz CT molecular complexity index is 1570. The first-order chi connectivity index (χ1) is 17.2. The van der Waals surface area contributed by atoms with E-state index in [2.05, 4.69) is 29.9 Å². The van der Waals surface area contributed by atoms with Gasteiger partial charge < -0.3 is 4.74 Å². The summed E-state index contributed by atoms with van der Waals surface area (Å²) in [5.41, 5.74) is 2.49. The summed E-state index contributed by atoms with van der Waals surface area (Å²) < 4.78 is 23.0. The molecule has 1 fully saturated rings. The number of morpholine rings is 1. The molecule has 5 aromatic rings. The maximum Gasteiger partial charge on any atom is 0.327 e. The van der Waals surface area contributed by atoms with Crippen molar-refractivity contribution in [1.82, 2.24) is 39.2 Å². The van der Waals surface area contributed by atoms with Gasteiger partial charge in [-0.25, -0.2) is 28.8 Å². The van der Waals surface area contributed by atoms with E-state index in [0.29, 0.717) is 53.7 Å². The first-order valence-electron chi connectivity index (χ1n) is 11.5. The number of aromatic amines is 1. The third kappa shape index (κ3) is 4.08. The molecular formula is C24H23FN8O2. The molecule has 0 saturated carbocycles. The molecule has 1 aliphatic rings. The van der Waals surface area contributed by atoms with Gasteiger partial charge in [-0.05, 0) is 18.2 Å². The summed E-state index contributed by atoms with van der Waals surface area (Å²) in [6.45, 7) is 4.63. The fraction of sp³-hybridized carbons (Fsp3) is 0.292. The predicted molar refractivity (Wildman–Crippen MR) is 127 cm³/mol. The van der Waals surface area contributed by atoms with Crippen LogP contribution in [0.2, 0.25) is 0 Å². The molecule has 0 atom stereocenters. The maximum absolute atomic E-state index is 14.3. The van der Waals surface area contributed by atoms with E-state index in [1.165, 1.54) is 6.07 Å². The van der Waals surface area contributed by atoms with Gasteiger partial charge in [0.05, 0.1) is 31.3 Å². The molecule has 0 spiro atoms. The average Bonchev–Trinajstić information content (AvgIpc) is 3.41. The van der Waals surface area contributed by atoms with Gasteiger partial charge >= 0.3 is 5.69 Å². The van der Waals surface area contributed by atoms with E-state index in [1.54, 1.807) is 39.8 Å². The lowest BCUT2D eigenvalue weighted by Gasteiger charge is -2.26. The molecule has 6 rings (SSSR count). The number of nitrogens with one attached hydrogen (secondary N) is 1. The molecule has 0 radical (unpaired) electrons. The minimum absolute atomic E-state index is 0.219. The van der Waals surface area contributed by atoms with E-state index in [1.807, 2.05) is 12.1 Å². The number of imidazole rings is 1. The number of hydrogen-bond donors (Lipinski definition) is 1. The van der Waals surface area contributed by atoms with Crippen LogP contribution in [0.1, 0.15) is 5.56 Å². The van der Waals surface area contributed by atoms with Crippen molar-refractivity contribution >= 4 is 22.2 Å². The van der Waals surface area contributed by atoms with Crippen molar-refractivity contribution in [3.63, 3.8) is 0 Å². The van der Waals surface area contributed by atoms with Gasteiger partial charge in [0.2, 0.25) is 0 Å². The topological polar surface area (TPSA) is 107 Å². The van der Waals surface area contributed by atoms with Crippen LogP contribution in [0, 0.1) is 5.82 Å². The highest BCUT2D eigenvalue weighted by Gasteiger charge is 2.19. The molecule has 10 nitrogen and oxygen atoms in total. The number of nitrogens with zero attached hydrogens (tertiary/aromatic N) is 7. The van der Waals surface area contributed by atoms with E-state index in [4.69, 9.17) is 4.74 Å². The molecule has 0 amide bonds. The standard InChI is InChI=1S/C24H23FN8O2/c25-18-6-2-1-4-16(18)15-33-23-17(5-3-7-26-23)20(30-33)22-27-14-19-21(28-22)29-24(34)32(19)9-8-31-10-12-35-13-11-31/h1-7,14H,8-13,15H2,(H,27,28,29,34). The Morgan fingerprint density at radius 1 is 1.06 bits per heavy atom. The van der Waals surface area contributed by atoms with Crippen LogP contribution in [-0.2, 0) is 17.8 Å². The molecule has 0 bridgehead atoms. The van der Waals surface area contributed by atoms with E-state index in [0.717, 1.165) is 25.0 Å². The molecule has 35 heavy (non-hydrogen) atoms. The number of fused-ring (bicyclic) bond motifs is 2. The second-order valence-corrected chi connectivity index (χ2v) is 8.44. The minimum atomic E-state index is -0.303. The third-order valence-corrected chi connectivity index (χ3v) is 6.27. The Balaban J connectivity index is 1.35. The molecule has 5 heterocycles. The SMILES string of the molecule is O=c1[nH]c2nc(-c3nn(Cc4ccccc4F)c4ncccc34)ncc2n1CCN1CCOCC1. The fourth-order valence-electron chi connectivity index (χ4n) is 4.42. The number of hydrogen-bond acceptors (Lipinski definition) is 7. The highest BCUT2D eigenvalue weighted by molar-refractivity contribution is 5.90. The van der Waals surface area contributed by atoms with Crippen molar-refractivity contribution in [2.75, 3.05) is 32.8 Å². The Labute approximate surface area is 199 Å². The van der Waals surface area contributed by atoms with Crippen LogP contribution in [0.4, 0.5) is 4.39 Å². The molecule has 1 saturated heterocycles. The molecule has 0 aliphatic carbocycles. The Hall–Kier alpha value is -3.96. The lowest BCUT2D eigenvalue weighted by Crippen LogP contribution is -2.39. The summed E-state index contributed by atoms with van der Waals surface area (Å²) in [7, 11) is 0. The quantitative estimate of drug-likeness (QED) is 0.401. The number of pyridine rings is 1. The van der Waals surface area contributed by atoms with Crippen LogP contribution in [0.25, 0.3) is 33.7 Å². The van der Waals surface area contributed by atoms with Gasteiger partial charge in [0.15, 0.2) is 17.1 Å². The van der Waals surface area contributed by atoms with Crippen LogP contribution < -0.4 is 5.69 Å².